The Balaban J connectivity index is 2.03. The summed E-state index contributed by atoms with van der Waals surface area (Å²) in [5.74, 6) is 6.26. The topological polar surface area (TPSA) is 131 Å². The zero-order valence-electron chi connectivity index (χ0n) is 14.8. The molecule has 2 aromatic rings. The van der Waals surface area contributed by atoms with Crippen LogP contribution in [0.25, 0.3) is 11.3 Å². The average Bonchev–Trinajstić information content (AvgIpc) is 2.59. The molecule has 1 aromatic carbocycles. The minimum atomic E-state index is -0.642. The monoisotopic (exact) mass is 346 g/mol. The second-order valence-electron chi connectivity index (χ2n) is 6.80. The molecule has 0 radical (unpaired) electrons. The lowest BCUT2D eigenvalue weighted by Crippen LogP contribution is -2.42. The van der Waals surface area contributed by atoms with Crippen molar-refractivity contribution in [1.29, 1.82) is 0 Å². The summed E-state index contributed by atoms with van der Waals surface area (Å²) in [6, 6.07) is 8.86. The Bertz CT molecular complexity index is 685. The number of benzene rings is 1. The van der Waals surface area contributed by atoms with E-state index in [9.17, 15) is 5.11 Å². The summed E-state index contributed by atoms with van der Waals surface area (Å²) in [4.78, 5) is 0. The molecular formula is C17H26N6O2. The van der Waals surface area contributed by atoms with E-state index in [1.165, 1.54) is 0 Å². The molecule has 1 heterocycles. The van der Waals surface area contributed by atoms with Crippen LogP contribution >= 0.6 is 0 Å². The van der Waals surface area contributed by atoms with Crippen LogP contribution in [0.5, 0.6) is 5.75 Å². The SMILES string of the molecule is CC(C)(C)NCC(O)COc1cc(-c2ccc(NN)nn2)ccc1N. The second kappa shape index (κ2) is 8.11. The van der Waals surface area contributed by atoms with E-state index < -0.39 is 6.10 Å². The van der Waals surface area contributed by atoms with E-state index in [1.54, 1.807) is 24.3 Å². The fraction of sp³-hybridized carbons (Fsp3) is 0.412. The van der Waals surface area contributed by atoms with Crippen LogP contribution in [0, 0.1) is 0 Å². The molecule has 136 valence electrons. The Hall–Kier alpha value is -2.42. The highest BCUT2D eigenvalue weighted by molar-refractivity contribution is 5.67. The van der Waals surface area contributed by atoms with Gasteiger partial charge in [-0.1, -0.05) is 6.07 Å². The molecule has 0 spiro atoms. The molecule has 0 aliphatic heterocycles. The molecule has 0 aliphatic carbocycles. The van der Waals surface area contributed by atoms with Gasteiger partial charge in [0.1, 0.15) is 18.5 Å². The van der Waals surface area contributed by atoms with E-state index in [4.69, 9.17) is 16.3 Å². The summed E-state index contributed by atoms with van der Waals surface area (Å²) in [6.45, 7) is 6.68. The van der Waals surface area contributed by atoms with Crippen LogP contribution in [0.1, 0.15) is 20.8 Å². The molecule has 8 nitrogen and oxygen atoms in total. The summed E-state index contributed by atoms with van der Waals surface area (Å²) in [5.41, 5.74) is 10.3. The third-order valence-corrected chi connectivity index (χ3v) is 3.42. The summed E-state index contributed by atoms with van der Waals surface area (Å²) in [7, 11) is 0. The number of nitrogens with one attached hydrogen (secondary N) is 2. The van der Waals surface area contributed by atoms with Gasteiger partial charge in [0, 0.05) is 17.6 Å². The van der Waals surface area contributed by atoms with Crippen molar-refractivity contribution in [3.05, 3.63) is 30.3 Å². The van der Waals surface area contributed by atoms with Crippen molar-refractivity contribution < 1.29 is 9.84 Å². The molecule has 0 bridgehead atoms. The fourth-order valence-corrected chi connectivity index (χ4v) is 2.05. The maximum absolute atomic E-state index is 10.0. The smallest absolute Gasteiger partial charge is 0.162 e. The molecule has 0 saturated heterocycles. The highest BCUT2D eigenvalue weighted by Crippen LogP contribution is 2.28. The van der Waals surface area contributed by atoms with E-state index in [1.807, 2.05) is 26.8 Å². The number of β-amino-alcohol motifs (C(OH)–C–C–N with tert-alkyl or cyclic N) is 1. The Morgan fingerprint density at radius 1 is 1.20 bits per heavy atom. The summed E-state index contributed by atoms with van der Waals surface area (Å²) in [6.07, 6.45) is -0.642. The van der Waals surface area contributed by atoms with Gasteiger partial charge in [-0.25, -0.2) is 5.84 Å². The maximum atomic E-state index is 10.0. The molecule has 25 heavy (non-hydrogen) atoms. The van der Waals surface area contributed by atoms with Crippen molar-refractivity contribution in [2.24, 2.45) is 5.84 Å². The van der Waals surface area contributed by atoms with Gasteiger partial charge in [0.2, 0.25) is 0 Å². The van der Waals surface area contributed by atoms with Gasteiger partial charge < -0.3 is 26.3 Å². The molecule has 1 atom stereocenters. The van der Waals surface area contributed by atoms with E-state index in [0.29, 0.717) is 29.5 Å². The number of nitrogen functional groups attached to an aromatic ring is 2. The van der Waals surface area contributed by atoms with Crippen LogP contribution in [0.2, 0.25) is 0 Å². The number of nitrogens with zero attached hydrogens (tertiary/aromatic N) is 2. The van der Waals surface area contributed by atoms with Crippen LogP contribution in [0.4, 0.5) is 11.5 Å². The first-order chi connectivity index (χ1) is 11.8. The predicted octanol–water partition coefficient (Wildman–Crippen LogP) is 1.14. The predicted molar refractivity (Wildman–Crippen MR) is 98.9 cm³/mol. The Kier molecular flexibility index (Phi) is 6.13. The maximum Gasteiger partial charge on any atom is 0.162 e. The van der Waals surface area contributed by atoms with Gasteiger partial charge >= 0.3 is 0 Å². The third kappa shape index (κ3) is 5.86. The van der Waals surface area contributed by atoms with Crippen molar-refractivity contribution in [2.75, 3.05) is 24.3 Å². The van der Waals surface area contributed by atoms with Gasteiger partial charge in [0.05, 0.1) is 11.4 Å². The van der Waals surface area contributed by atoms with Gasteiger partial charge in [-0.3, -0.25) is 0 Å². The number of rotatable bonds is 7. The number of aromatic nitrogens is 2. The van der Waals surface area contributed by atoms with Gasteiger partial charge in [-0.05, 0) is 45.0 Å². The zero-order chi connectivity index (χ0) is 18.4. The summed E-state index contributed by atoms with van der Waals surface area (Å²) >= 11 is 0. The number of ether oxygens (including phenoxy) is 1. The van der Waals surface area contributed by atoms with Gasteiger partial charge in [0.15, 0.2) is 5.82 Å². The highest BCUT2D eigenvalue weighted by atomic mass is 16.5. The third-order valence-electron chi connectivity index (χ3n) is 3.42. The number of aliphatic hydroxyl groups excluding tert-OH is 1. The van der Waals surface area contributed by atoms with Crippen molar-refractivity contribution in [3.63, 3.8) is 0 Å². The largest absolute Gasteiger partial charge is 0.489 e. The van der Waals surface area contributed by atoms with Crippen LogP contribution < -0.4 is 27.1 Å². The van der Waals surface area contributed by atoms with Crippen molar-refractivity contribution in [3.8, 4) is 17.0 Å². The minimum Gasteiger partial charge on any atom is -0.489 e. The minimum absolute atomic E-state index is 0.0663. The van der Waals surface area contributed by atoms with E-state index in [2.05, 4.69) is 20.9 Å². The Morgan fingerprint density at radius 3 is 2.56 bits per heavy atom. The lowest BCUT2D eigenvalue weighted by atomic mass is 10.1. The van der Waals surface area contributed by atoms with Crippen LogP contribution in [0.3, 0.4) is 0 Å². The van der Waals surface area contributed by atoms with Crippen LogP contribution in [-0.2, 0) is 0 Å². The van der Waals surface area contributed by atoms with Crippen molar-refractivity contribution in [2.45, 2.75) is 32.4 Å². The second-order valence-corrected chi connectivity index (χ2v) is 6.80. The number of hydrogen-bond donors (Lipinski definition) is 5. The standard InChI is InChI=1S/C17H26N6O2/c1-17(2,3)20-9-12(24)10-25-15-8-11(4-5-13(15)18)14-6-7-16(21-19)23-22-14/h4-8,12,20,24H,9-10,18-19H2,1-3H3,(H,21,23). The average molecular weight is 346 g/mol. The molecular weight excluding hydrogens is 320 g/mol. The van der Waals surface area contributed by atoms with Crippen molar-refractivity contribution >= 4 is 11.5 Å². The van der Waals surface area contributed by atoms with Crippen molar-refractivity contribution in [1.82, 2.24) is 15.5 Å². The van der Waals surface area contributed by atoms with Gasteiger partial charge in [-0.2, -0.15) is 0 Å². The number of aliphatic hydroxyl groups is 1. The molecule has 7 N–H and O–H groups in total. The van der Waals surface area contributed by atoms with E-state index in [0.717, 1.165) is 5.56 Å². The number of hydrazine groups is 1. The number of anilines is 2. The quantitative estimate of drug-likeness (QED) is 0.286. The lowest BCUT2D eigenvalue weighted by molar-refractivity contribution is 0.100. The fourth-order valence-electron chi connectivity index (χ4n) is 2.05. The molecule has 0 saturated carbocycles. The molecule has 0 fully saturated rings. The first kappa shape index (κ1) is 18.9. The van der Waals surface area contributed by atoms with Crippen LogP contribution in [0.15, 0.2) is 30.3 Å². The normalized spacial score (nSPS) is 12.7. The van der Waals surface area contributed by atoms with E-state index in [-0.39, 0.29) is 12.1 Å². The van der Waals surface area contributed by atoms with Gasteiger partial charge in [0.25, 0.3) is 0 Å². The molecule has 1 aromatic heterocycles. The van der Waals surface area contributed by atoms with Gasteiger partial charge in [-0.15, -0.1) is 10.2 Å². The molecule has 8 heteroatoms. The lowest BCUT2D eigenvalue weighted by Gasteiger charge is -2.23. The zero-order valence-corrected chi connectivity index (χ0v) is 14.8. The van der Waals surface area contributed by atoms with E-state index >= 15 is 0 Å². The molecule has 0 aliphatic rings. The Morgan fingerprint density at radius 2 is 1.96 bits per heavy atom. The Labute approximate surface area is 147 Å². The molecule has 1 unspecified atom stereocenters. The van der Waals surface area contributed by atoms with Crippen LogP contribution in [-0.4, -0.2) is 40.1 Å². The summed E-state index contributed by atoms with van der Waals surface area (Å²) in [5, 5.41) is 21.3. The molecule has 2 rings (SSSR count). The molecule has 0 amide bonds. The summed E-state index contributed by atoms with van der Waals surface area (Å²) < 4.78 is 5.68. The number of nitrogens with two attached hydrogens (primary N) is 2. The first-order valence-electron chi connectivity index (χ1n) is 8.04. The first-order valence-corrected chi connectivity index (χ1v) is 8.04. The highest BCUT2D eigenvalue weighted by Gasteiger charge is 2.13. The number of hydrogen-bond acceptors (Lipinski definition) is 8.